The summed E-state index contributed by atoms with van der Waals surface area (Å²) >= 11 is 0. The van der Waals surface area contributed by atoms with Gasteiger partial charge in [0.25, 0.3) is 0 Å². The molecule has 0 radical (unpaired) electrons. The highest BCUT2D eigenvalue weighted by molar-refractivity contribution is 5.79. The Morgan fingerprint density at radius 1 is 1.39 bits per heavy atom. The fourth-order valence-corrected chi connectivity index (χ4v) is 3.57. The number of amides is 1. The van der Waals surface area contributed by atoms with E-state index in [2.05, 4.69) is 0 Å². The molecule has 23 heavy (non-hydrogen) atoms. The second kappa shape index (κ2) is 6.84. The zero-order valence-corrected chi connectivity index (χ0v) is 13.5. The first kappa shape index (κ1) is 16.2. The summed E-state index contributed by atoms with van der Waals surface area (Å²) in [6.07, 6.45) is 1.96. The van der Waals surface area contributed by atoms with E-state index in [4.69, 9.17) is 14.2 Å². The van der Waals surface area contributed by atoms with Gasteiger partial charge in [-0.3, -0.25) is 4.79 Å². The Bertz CT molecular complexity index is 580. The molecule has 2 fully saturated rings. The predicted molar refractivity (Wildman–Crippen MR) is 81.9 cm³/mol. The summed E-state index contributed by atoms with van der Waals surface area (Å²) in [4.78, 5) is 14.5. The molecule has 1 amide bonds. The summed E-state index contributed by atoms with van der Waals surface area (Å²) in [5.74, 6) is -0.256. The third-order valence-electron chi connectivity index (χ3n) is 4.73. The summed E-state index contributed by atoms with van der Waals surface area (Å²) in [6.45, 7) is 1.10. The van der Waals surface area contributed by atoms with Gasteiger partial charge in [-0.2, -0.15) is 0 Å². The molecule has 0 bridgehead atoms. The number of fused-ring (bicyclic) bond motifs is 1. The maximum absolute atomic E-state index is 13.8. The van der Waals surface area contributed by atoms with E-state index in [1.165, 1.54) is 13.2 Å². The molecule has 3 atom stereocenters. The van der Waals surface area contributed by atoms with Crippen LogP contribution in [0.4, 0.5) is 4.39 Å². The molecule has 3 rings (SSSR count). The van der Waals surface area contributed by atoms with E-state index < -0.39 is 5.82 Å². The number of halogens is 1. The van der Waals surface area contributed by atoms with Crippen LogP contribution in [0.25, 0.3) is 0 Å². The van der Waals surface area contributed by atoms with Crippen LogP contribution >= 0.6 is 0 Å². The molecule has 1 saturated heterocycles. The SMILES string of the molecule is COc1ccc(CC(=O)N2CCO[C@H]3[C@H](OC)CC[C@@H]32)cc1F. The number of methoxy groups -OCH3 is 2. The van der Waals surface area contributed by atoms with Crippen molar-refractivity contribution < 1.29 is 23.4 Å². The first-order valence-electron chi connectivity index (χ1n) is 7.90. The lowest BCUT2D eigenvalue weighted by Gasteiger charge is -2.39. The minimum absolute atomic E-state index is 0.00428. The van der Waals surface area contributed by atoms with Crippen LogP contribution in [0.1, 0.15) is 18.4 Å². The van der Waals surface area contributed by atoms with Gasteiger partial charge in [0.1, 0.15) is 6.10 Å². The fourth-order valence-electron chi connectivity index (χ4n) is 3.57. The van der Waals surface area contributed by atoms with Crippen molar-refractivity contribution in [2.45, 2.75) is 37.5 Å². The average Bonchev–Trinajstić information content (AvgIpc) is 2.98. The molecule has 1 aliphatic heterocycles. The van der Waals surface area contributed by atoms with Crippen LogP contribution in [0, 0.1) is 5.82 Å². The van der Waals surface area contributed by atoms with Gasteiger partial charge in [-0.05, 0) is 30.5 Å². The second-order valence-corrected chi connectivity index (χ2v) is 5.99. The normalized spacial score (nSPS) is 26.9. The highest BCUT2D eigenvalue weighted by Crippen LogP contribution is 2.32. The van der Waals surface area contributed by atoms with E-state index >= 15 is 0 Å². The van der Waals surface area contributed by atoms with Gasteiger partial charge in [-0.25, -0.2) is 4.39 Å². The topological polar surface area (TPSA) is 48.0 Å². The molecule has 0 aromatic heterocycles. The number of carbonyl (C=O) groups is 1. The molecular weight excluding hydrogens is 301 g/mol. The molecule has 6 heteroatoms. The van der Waals surface area contributed by atoms with Crippen molar-refractivity contribution >= 4 is 5.91 Å². The van der Waals surface area contributed by atoms with Crippen LogP contribution in [0.2, 0.25) is 0 Å². The molecular formula is C17H22FNO4. The van der Waals surface area contributed by atoms with Crippen LogP contribution in [0.15, 0.2) is 18.2 Å². The molecule has 0 unspecified atom stereocenters. The average molecular weight is 323 g/mol. The zero-order chi connectivity index (χ0) is 16.4. The fraction of sp³-hybridized carbons (Fsp3) is 0.588. The number of carbonyl (C=O) groups excluding carboxylic acids is 1. The maximum Gasteiger partial charge on any atom is 0.227 e. The number of hydrogen-bond acceptors (Lipinski definition) is 4. The van der Waals surface area contributed by atoms with E-state index in [0.29, 0.717) is 18.7 Å². The minimum atomic E-state index is -0.446. The molecule has 1 heterocycles. The summed E-state index contributed by atoms with van der Waals surface area (Å²) in [5.41, 5.74) is 0.651. The molecule has 0 spiro atoms. The highest BCUT2D eigenvalue weighted by atomic mass is 19.1. The first-order valence-corrected chi connectivity index (χ1v) is 7.90. The van der Waals surface area contributed by atoms with Crippen LogP contribution in [-0.4, -0.2) is 56.4 Å². The Kier molecular flexibility index (Phi) is 4.82. The molecule has 2 aliphatic rings. The lowest BCUT2D eigenvalue weighted by atomic mass is 10.1. The molecule has 1 aliphatic carbocycles. The number of ether oxygens (including phenoxy) is 3. The lowest BCUT2D eigenvalue weighted by molar-refractivity contribution is -0.149. The Balaban J connectivity index is 1.69. The van der Waals surface area contributed by atoms with Gasteiger partial charge in [0.05, 0.1) is 32.3 Å². The minimum Gasteiger partial charge on any atom is -0.494 e. The second-order valence-electron chi connectivity index (χ2n) is 5.99. The van der Waals surface area contributed by atoms with Gasteiger partial charge < -0.3 is 19.1 Å². The number of nitrogens with zero attached hydrogens (tertiary/aromatic N) is 1. The summed E-state index contributed by atoms with van der Waals surface area (Å²) in [6, 6.07) is 4.70. The van der Waals surface area contributed by atoms with Crippen LogP contribution in [0.3, 0.4) is 0 Å². The molecule has 1 aromatic carbocycles. The Hall–Kier alpha value is -1.66. The number of rotatable bonds is 4. The molecule has 126 valence electrons. The summed E-state index contributed by atoms with van der Waals surface area (Å²) in [5, 5.41) is 0. The molecule has 1 aromatic rings. The maximum atomic E-state index is 13.8. The molecule has 1 saturated carbocycles. The lowest BCUT2D eigenvalue weighted by Crippen LogP contribution is -2.54. The zero-order valence-electron chi connectivity index (χ0n) is 13.5. The van der Waals surface area contributed by atoms with Crippen LogP contribution < -0.4 is 4.74 Å². The van der Waals surface area contributed by atoms with Crippen molar-refractivity contribution in [1.29, 1.82) is 0 Å². The summed E-state index contributed by atoms with van der Waals surface area (Å²) < 4.78 is 29.9. The first-order chi connectivity index (χ1) is 11.1. The summed E-state index contributed by atoms with van der Waals surface area (Å²) in [7, 11) is 3.10. The Labute approximate surface area is 135 Å². The van der Waals surface area contributed by atoms with Crippen molar-refractivity contribution in [1.82, 2.24) is 4.90 Å². The Morgan fingerprint density at radius 3 is 2.91 bits per heavy atom. The van der Waals surface area contributed by atoms with E-state index in [1.807, 2.05) is 4.90 Å². The van der Waals surface area contributed by atoms with E-state index in [9.17, 15) is 9.18 Å². The van der Waals surface area contributed by atoms with Crippen LogP contribution in [0.5, 0.6) is 5.75 Å². The van der Waals surface area contributed by atoms with Crippen molar-refractivity contribution in [3.63, 3.8) is 0 Å². The Morgan fingerprint density at radius 2 is 2.22 bits per heavy atom. The van der Waals surface area contributed by atoms with Crippen molar-refractivity contribution in [2.75, 3.05) is 27.4 Å². The van der Waals surface area contributed by atoms with E-state index in [0.717, 1.165) is 12.8 Å². The quantitative estimate of drug-likeness (QED) is 0.847. The smallest absolute Gasteiger partial charge is 0.227 e. The van der Waals surface area contributed by atoms with Crippen molar-refractivity contribution in [3.05, 3.63) is 29.6 Å². The standard InChI is InChI=1S/C17H22FNO4/c1-21-14-5-3-11(9-12(14)18)10-16(20)19-7-8-23-17-13(19)4-6-15(17)22-2/h3,5,9,13,15,17H,4,6-8,10H2,1-2H3/t13-,15+,17+/m0/s1. The van der Waals surface area contributed by atoms with Crippen molar-refractivity contribution in [3.8, 4) is 5.75 Å². The van der Waals surface area contributed by atoms with Gasteiger partial charge >= 0.3 is 0 Å². The van der Waals surface area contributed by atoms with Gasteiger partial charge in [0, 0.05) is 13.7 Å². The number of morpholine rings is 1. The number of benzene rings is 1. The molecule has 5 nitrogen and oxygen atoms in total. The van der Waals surface area contributed by atoms with Gasteiger partial charge in [-0.15, -0.1) is 0 Å². The van der Waals surface area contributed by atoms with Gasteiger partial charge in [-0.1, -0.05) is 6.07 Å². The van der Waals surface area contributed by atoms with Crippen molar-refractivity contribution in [2.24, 2.45) is 0 Å². The van der Waals surface area contributed by atoms with Gasteiger partial charge in [0.15, 0.2) is 11.6 Å². The monoisotopic (exact) mass is 323 g/mol. The van der Waals surface area contributed by atoms with Gasteiger partial charge in [0.2, 0.25) is 5.91 Å². The third kappa shape index (κ3) is 3.19. The third-order valence-corrected chi connectivity index (χ3v) is 4.73. The molecule has 0 N–H and O–H groups in total. The van der Waals surface area contributed by atoms with Crippen LogP contribution in [-0.2, 0) is 20.7 Å². The highest BCUT2D eigenvalue weighted by Gasteiger charge is 2.44. The predicted octanol–water partition coefficient (Wildman–Crippen LogP) is 1.78. The van der Waals surface area contributed by atoms with E-state index in [1.54, 1.807) is 19.2 Å². The van der Waals surface area contributed by atoms with E-state index in [-0.39, 0.29) is 36.3 Å². The number of hydrogen-bond donors (Lipinski definition) is 0. The largest absolute Gasteiger partial charge is 0.494 e.